The van der Waals surface area contributed by atoms with E-state index in [1.807, 2.05) is 39.0 Å². The fourth-order valence-electron chi connectivity index (χ4n) is 3.75. The summed E-state index contributed by atoms with van der Waals surface area (Å²) in [4.78, 5) is 33.0. The first-order chi connectivity index (χ1) is 14.2. The second kappa shape index (κ2) is 8.87. The minimum Gasteiger partial charge on any atom is -0.446 e. The van der Waals surface area contributed by atoms with Gasteiger partial charge in [0.1, 0.15) is 0 Å². The Hall–Kier alpha value is -2.87. The van der Waals surface area contributed by atoms with Crippen LogP contribution in [0.5, 0.6) is 0 Å². The molecule has 0 spiro atoms. The maximum absolute atomic E-state index is 12.8. The van der Waals surface area contributed by atoms with E-state index in [0.29, 0.717) is 24.0 Å². The molecule has 3 N–H and O–H groups in total. The lowest BCUT2D eigenvalue weighted by atomic mass is 10.0. The van der Waals surface area contributed by atoms with Crippen LogP contribution in [-0.2, 0) is 9.53 Å². The number of hydrogen-bond donors (Lipinski definition) is 2. The van der Waals surface area contributed by atoms with E-state index in [9.17, 15) is 9.59 Å². The summed E-state index contributed by atoms with van der Waals surface area (Å²) in [6.45, 7) is 10.4. The number of nitrogens with one attached hydrogen (secondary N) is 1. The lowest BCUT2D eigenvalue weighted by Gasteiger charge is -2.40. The van der Waals surface area contributed by atoms with E-state index in [2.05, 4.69) is 17.2 Å². The molecule has 2 heterocycles. The zero-order chi connectivity index (χ0) is 22.0. The number of anilines is 2. The monoisotopic (exact) mass is 413 g/mol. The van der Waals surface area contributed by atoms with Crippen molar-refractivity contribution in [3.05, 3.63) is 30.0 Å². The Morgan fingerprint density at radius 1 is 1.30 bits per heavy atom. The van der Waals surface area contributed by atoms with Crippen LogP contribution in [0.4, 0.5) is 16.2 Å². The molecule has 2 aliphatic heterocycles. The predicted molar refractivity (Wildman–Crippen MR) is 120 cm³/mol. The molecule has 1 aromatic carbocycles. The van der Waals surface area contributed by atoms with Crippen LogP contribution in [-0.4, -0.2) is 55.5 Å². The highest BCUT2D eigenvalue weighted by atomic mass is 16.6. The number of carbonyl (C=O) groups excluding carboxylic acids is 2. The molecule has 0 aromatic heterocycles. The van der Waals surface area contributed by atoms with Crippen molar-refractivity contribution in [1.29, 1.82) is 0 Å². The van der Waals surface area contributed by atoms with Crippen LogP contribution in [0.1, 0.15) is 40.2 Å². The normalized spacial score (nSPS) is 24.1. The topological polar surface area (TPSA) is 100 Å². The molecule has 8 heteroatoms. The summed E-state index contributed by atoms with van der Waals surface area (Å²) in [6, 6.07) is 6.01. The number of aliphatic imine (C=N–C) groups is 1. The van der Waals surface area contributed by atoms with Gasteiger partial charge in [0.2, 0.25) is 5.91 Å². The van der Waals surface area contributed by atoms with Crippen LogP contribution in [0.25, 0.3) is 5.57 Å². The lowest BCUT2D eigenvalue weighted by Crippen LogP contribution is -2.54. The van der Waals surface area contributed by atoms with Crippen LogP contribution < -0.4 is 20.9 Å². The van der Waals surface area contributed by atoms with Crippen LogP contribution in [0, 0.1) is 0 Å². The first-order valence-electron chi connectivity index (χ1n) is 10.3. The molecule has 3 rings (SSSR count). The van der Waals surface area contributed by atoms with E-state index in [0.717, 1.165) is 17.7 Å². The van der Waals surface area contributed by atoms with Gasteiger partial charge in [-0.1, -0.05) is 6.07 Å². The molecule has 0 bridgehead atoms. The van der Waals surface area contributed by atoms with Gasteiger partial charge in [-0.15, -0.1) is 0 Å². The maximum atomic E-state index is 12.8. The second-order valence-electron chi connectivity index (χ2n) is 8.15. The lowest BCUT2D eigenvalue weighted by molar-refractivity contribution is -0.117. The molecule has 1 fully saturated rings. The number of hydrogen-bond acceptors (Lipinski definition) is 6. The van der Waals surface area contributed by atoms with Crippen molar-refractivity contribution in [2.75, 3.05) is 22.9 Å². The number of rotatable bonds is 4. The Kier molecular flexibility index (Phi) is 6.45. The zero-order valence-corrected chi connectivity index (χ0v) is 18.3. The molecular weight excluding hydrogens is 382 g/mol. The van der Waals surface area contributed by atoms with Gasteiger partial charge >= 0.3 is 6.09 Å². The van der Waals surface area contributed by atoms with Gasteiger partial charge in [-0.05, 0) is 45.4 Å². The van der Waals surface area contributed by atoms with Gasteiger partial charge in [0.05, 0.1) is 29.6 Å². The molecule has 30 heavy (non-hydrogen) atoms. The summed E-state index contributed by atoms with van der Waals surface area (Å²) in [7, 11) is 0. The number of nitrogens with zero attached hydrogens (tertiary/aromatic N) is 3. The van der Waals surface area contributed by atoms with Crippen molar-refractivity contribution in [3.63, 3.8) is 0 Å². The van der Waals surface area contributed by atoms with Crippen molar-refractivity contribution in [3.8, 4) is 0 Å². The van der Waals surface area contributed by atoms with Crippen LogP contribution in [0.2, 0.25) is 0 Å². The van der Waals surface area contributed by atoms with Crippen LogP contribution in [0.15, 0.2) is 29.4 Å². The molecule has 162 valence electrons. The van der Waals surface area contributed by atoms with E-state index < -0.39 is 6.09 Å². The highest BCUT2D eigenvalue weighted by Gasteiger charge is 2.35. The quantitative estimate of drug-likeness (QED) is 0.739. The summed E-state index contributed by atoms with van der Waals surface area (Å²) >= 11 is 0. The average molecular weight is 414 g/mol. The number of allylic oxidation sites excluding steroid dienone is 1. The van der Waals surface area contributed by atoms with Crippen molar-refractivity contribution < 1.29 is 14.3 Å². The highest BCUT2D eigenvalue weighted by molar-refractivity contribution is 6.11. The molecule has 0 aliphatic carbocycles. The molecule has 3 atom stereocenters. The Bertz CT molecular complexity index is 880. The van der Waals surface area contributed by atoms with Crippen molar-refractivity contribution >= 4 is 35.2 Å². The number of carbonyl (C=O) groups is 2. The molecule has 2 unspecified atom stereocenters. The molecule has 1 saturated heterocycles. The number of nitrogens with two attached hydrogens (primary N) is 1. The molecular formula is C22H31N5O3. The Balaban J connectivity index is 1.99. The van der Waals surface area contributed by atoms with Crippen molar-refractivity contribution in [2.24, 2.45) is 10.7 Å². The zero-order valence-electron chi connectivity index (χ0n) is 18.3. The Morgan fingerprint density at radius 2 is 2.03 bits per heavy atom. The average Bonchev–Trinajstić information content (AvgIpc) is 2.68. The first-order valence-corrected chi connectivity index (χ1v) is 10.3. The molecule has 2 amide bonds. The second-order valence-corrected chi connectivity index (χ2v) is 8.15. The summed E-state index contributed by atoms with van der Waals surface area (Å²) in [5, 5.41) is 3.27. The van der Waals surface area contributed by atoms with Gasteiger partial charge in [-0.3, -0.25) is 14.7 Å². The van der Waals surface area contributed by atoms with E-state index in [1.54, 1.807) is 16.0 Å². The van der Waals surface area contributed by atoms with Crippen molar-refractivity contribution in [1.82, 2.24) is 5.32 Å². The summed E-state index contributed by atoms with van der Waals surface area (Å²) in [5.74, 6) is -0.0731. The predicted octanol–water partition coefficient (Wildman–Crippen LogP) is 2.52. The SMILES string of the molecule is CC(=O)N1c2ccc(/C(C=NC3CNC3C)=C/N)cc2N(C(=O)OC(C)C)C[C@@H]1C. The van der Waals surface area contributed by atoms with E-state index in [1.165, 1.54) is 13.1 Å². The van der Waals surface area contributed by atoms with Gasteiger partial charge in [0.25, 0.3) is 0 Å². The fraction of sp³-hybridized carbons (Fsp3) is 0.500. The molecule has 1 aromatic rings. The number of benzene rings is 1. The van der Waals surface area contributed by atoms with Gasteiger partial charge in [-0.2, -0.15) is 0 Å². The van der Waals surface area contributed by atoms with Gasteiger partial charge < -0.3 is 20.7 Å². The fourth-order valence-corrected chi connectivity index (χ4v) is 3.75. The third-order valence-corrected chi connectivity index (χ3v) is 5.45. The van der Waals surface area contributed by atoms with Crippen molar-refractivity contribution in [2.45, 2.75) is 58.8 Å². The highest BCUT2D eigenvalue weighted by Crippen LogP contribution is 2.38. The third kappa shape index (κ3) is 4.33. The smallest absolute Gasteiger partial charge is 0.414 e. The summed E-state index contributed by atoms with van der Waals surface area (Å²) in [6.07, 6.45) is 2.61. The van der Waals surface area contributed by atoms with Gasteiger partial charge in [0, 0.05) is 44.0 Å². The maximum Gasteiger partial charge on any atom is 0.414 e. The largest absolute Gasteiger partial charge is 0.446 e. The van der Waals surface area contributed by atoms with Crippen LogP contribution in [0.3, 0.4) is 0 Å². The van der Waals surface area contributed by atoms with E-state index in [-0.39, 0.29) is 24.1 Å². The number of fused-ring (bicyclic) bond motifs is 1. The first kappa shape index (κ1) is 21.8. The Morgan fingerprint density at radius 3 is 2.57 bits per heavy atom. The molecule has 0 radical (unpaired) electrons. The van der Waals surface area contributed by atoms with Gasteiger partial charge in [-0.25, -0.2) is 4.79 Å². The van der Waals surface area contributed by atoms with Gasteiger partial charge in [0.15, 0.2) is 0 Å². The van der Waals surface area contributed by atoms with E-state index >= 15 is 0 Å². The third-order valence-electron chi connectivity index (χ3n) is 5.45. The standard InChI is InChI=1S/C22H31N5O3/c1-13(2)30-22(29)26-12-14(3)27(16(5)28)20-7-6-17(8-21(20)26)18(9-23)10-25-19-11-24-15(19)4/h6-10,13-15,19,24H,11-12,23H2,1-5H3/b18-9+,25-10?/t14-,15?,19?/m0/s1. The van der Waals surface area contributed by atoms with Crippen LogP contribution >= 0.6 is 0 Å². The summed E-state index contributed by atoms with van der Waals surface area (Å²) < 4.78 is 5.44. The molecule has 8 nitrogen and oxygen atoms in total. The molecule has 2 aliphatic rings. The number of amides is 2. The number of ether oxygens (including phenoxy) is 1. The summed E-state index contributed by atoms with van der Waals surface area (Å²) in [5.41, 5.74) is 8.75. The Labute approximate surface area is 177 Å². The minimum absolute atomic E-state index is 0.0731. The van der Waals surface area contributed by atoms with E-state index in [4.69, 9.17) is 10.5 Å². The minimum atomic E-state index is -0.431. The molecule has 0 saturated carbocycles.